The average molecular weight is 443 g/mol. The maximum Gasteiger partial charge on any atom is 0.126 e. The lowest BCUT2D eigenvalue weighted by molar-refractivity contribution is -0.246. The zero-order valence-electron chi connectivity index (χ0n) is 22.0. The molecule has 0 spiro atoms. The van der Waals surface area contributed by atoms with Crippen LogP contribution in [0.15, 0.2) is 0 Å². The van der Waals surface area contributed by atoms with E-state index in [0.29, 0.717) is 39.9 Å². The van der Waals surface area contributed by atoms with E-state index in [4.69, 9.17) is 0 Å². The molecule has 0 heterocycles. The molecule has 2 nitrogen and oxygen atoms in total. The summed E-state index contributed by atoms with van der Waals surface area (Å²) in [6.45, 7) is 17.5. The second kappa shape index (κ2) is 7.08. The number of aldehydes is 1. The highest BCUT2D eigenvalue weighted by Crippen LogP contribution is 2.77. The van der Waals surface area contributed by atoms with Gasteiger partial charge in [0.2, 0.25) is 0 Å². The number of aliphatic hydroxyl groups excluding tert-OH is 1. The molecule has 6 unspecified atom stereocenters. The second-order valence-corrected chi connectivity index (χ2v) is 14.9. The number of carbonyl (C=O) groups is 1. The summed E-state index contributed by atoms with van der Waals surface area (Å²) in [5, 5.41) is 10.9. The van der Waals surface area contributed by atoms with E-state index in [-0.39, 0.29) is 16.9 Å². The molecular weight excluding hydrogens is 392 g/mol. The van der Waals surface area contributed by atoms with Crippen molar-refractivity contribution in [1.82, 2.24) is 0 Å². The number of fused-ring (bicyclic) bond motifs is 7. The van der Waals surface area contributed by atoms with Crippen LogP contribution in [0, 0.1) is 62.6 Å². The summed E-state index contributed by atoms with van der Waals surface area (Å²) in [5.74, 6) is 4.10. The topological polar surface area (TPSA) is 37.3 Å². The molecule has 0 bridgehead atoms. The molecule has 0 aromatic heterocycles. The van der Waals surface area contributed by atoms with Gasteiger partial charge in [0.05, 0.1) is 6.10 Å². The van der Waals surface area contributed by atoms with Crippen LogP contribution < -0.4 is 0 Å². The molecule has 0 aliphatic heterocycles. The van der Waals surface area contributed by atoms with Crippen LogP contribution in [0.5, 0.6) is 0 Å². The van der Waals surface area contributed by atoms with Gasteiger partial charge in [0, 0.05) is 5.41 Å². The van der Waals surface area contributed by atoms with Gasteiger partial charge in [0.1, 0.15) is 6.29 Å². The third-order valence-electron chi connectivity index (χ3n) is 13.6. The Morgan fingerprint density at radius 3 is 2.16 bits per heavy atom. The molecule has 182 valence electrons. The van der Waals surface area contributed by atoms with Crippen LogP contribution in [0.2, 0.25) is 0 Å². The quantitative estimate of drug-likeness (QED) is 0.456. The van der Waals surface area contributed by atoms with Gasteiger partial charge in [0.25, 0.3) is 0 Å². The first-order chi connectivity index (χ1) is 14.9. The predicted molar refractivity (Wildman–Crippen MR) is 131 cm³/mol. The Hall–Kier alpha value is -0.370. The number of hydrogen-bond donors (Lipinski definition) is 1. The van der Waals surface area contributed by atoms with E-state index in [1.165, 1.54) is 51.2 Å². The molecule has 1 N–H and O–H groups in total. The summed E-state index contributed by atoms with van der Waals surface area (Å²) in [4.78, 5) is 12.6. The fourth-order valence-electron chi connectivity index (χ4n) is 11.6. The first-order valence-electron chi connectivity index (χ1n) is 14.0. The third-order valence-corrected chi connectivity index (χ3v) is 13.6. The Balaban J connectivity index is 1.55. The molecule has 0 aromatic rings. The third kappa shape index (κ3) is 2.66. The van der Waals surface area contributed by atoms with Crippen LogP contribution in [0.4, 0.5) is 0 Å². The minimum Gasteiger partial charge on any atom is -0.393 e. The van der Waals surface area contributed by atoms with E-state index in [2.05, 4.69) is 48.5 Å². The lowest BCUT2D eigenvalue weighted by Gasteiger charge is -2.72. The molecule has 32 heavy (non-hydrogen) atoms. The molecule has 0 radical (unpaired) electrons. The standard InChI is InChI=1S/C30H50O2/c1-19(2)20-10-15-30(18-31)17-16-28(6)21(25(20)30)8-9-23-27(5)13-12-24(32)26(3,4)22(27)11-14-29(23,28)7/h18-25,32H,8-17H2,1-7H3/t20?,21?,22?,23?,24?,25?,27-,28+,29+,30+/m0/s1. The van der Waals surface area contributed by atoms with Crippen LogP contribution in [0.25, 0.3) is 0 Å². The van der Waals surface area contributed by atoms with Crippen molar-refractivity contribution in [2.45, 2.75) is 119 Å². The molecule has 10 atom stereocenters. The molecule has 0 aromatic carbocycles. The van der Waals surface area contributed by atoms with E-state index < -0.39 is 0 Å². The fraction of sp³-hybridized carbons (Fsp3) is 0.967. The summed E-state index contributed by atoms with van der Waals surface area (Å²) in [6, 6.07) is 0. The molecule has 5 aliphatic carbocycles. The lowest BCUT2D eigenvalue weighted by atomic mass is 9.32. The Morgan fingerprint density at radius 1 is 0.781 bits per heavy atom. The molecule has 5 fully saturated rings. The number of aliphatic hydroxyl groups is 1. The maximum absolute atomic E-state index is 12.6. The van der Waals surface area contributed by atoms with Crippen molar-refractivity contribution in [1.29, 1.82) is 0 Å². The van der Waals surface area contributed by atoms with Crippen LogP contribution >= 0.6 is 0 Å². The summed E-state index contributed by atoms with van der Waals surface area (Å²) in [7, 11) is 0. The van der Waals surface area contributed by atoms with E-state index in [9.17, 15) is 9.90 Å². The number of rotatable bonds is 2. The van der Waals surface area contributed by atoms with Crippen molar-refractivity contribution in [2.24, 2.45) is 62.6 Å². The van der Waals surface area contributed by atoms with Gasteiger partial charge in [-0.25, -0.2) is 0 Å². The Kier molecular flexibility index (Phi) is 5.17. The Bertz CT molecular complexity index is 771. The number of hydrogen-bond acceptors (Lipinski definition) is 2. The zero-order valence-corrected chi connectivity index (χ0v) is 22.0. The Morgan fingerprint density at radius 2 is 1.50 bits per heavy atom. The van der Waals surface area contributed by atoms with Crippen molar-refractivity contribution in [2.75, 3.05) is 0 Å². The smallest absolute Gasteiger partial charge is 0.126 e. The highest BCUT2D eigenvalue weighted by molar-refractivity contribution is 5.61. The Labute approximate surface area is 197 Å². The normalized spacial score (nSPS) is 56.7. The SMILES string of the molecule is CC(C)C1CC[C@]2(C=O)CC[C@]3(C)C(CCC4[C@@]5(C)CCC(O)C(C)(C)C5CC[C@]43C)C12. The van der Waals surface area contributed by atoms with Gasteiger partial charge in [-0.3, -0.25) is 0 Å². The predicted octanol–water partition coefficient (Wildman–Crippen LogP) is 7.28. The lowest BCUT2D eigenvalue weighted by Crippen LogP contribution is -2.66. The number of carbonyl (C=O) groups excluding carboxylic acids is 1. The van der Waals surface area contributed by atoms with Gasteiger partial charge in [0.15, 0.2) is 0 Å². The van der Waals surface area contributed by atoms with Crippen molar-refractivity contribution < 1.29 is 9.90 Å². The molecule has 0 amide bonds. The highest BCUT2D eigenvalue weighted by atomic mass is 16.3. The molecule has 0 saturated heterocycles. The van der Waals surface area contributed by atoms with Gasteiger partial charge < -0.3 is 9.90 Å². The minimum absolute atomic E-state index is 0.0273. The first kappa shape index (κ1) is 23.4. The van der Waals surface area contributed by atoms with Crippen molar-refractivity contribution >= 4 is 6.29 Å². The van der Waals surface area contributed by atoms with E-state index in [0.717, 1.165) is 31.1 Å². The first-order valence-corrected chi connectivity index (χ1v) is 14.0. The molecular formula is C30H50O2. The summed E-state index contributed by atoms with van der Waals surface area (Å²) in [6.07, 6.45) is 13.5. The van der Waals surface area contributed by atoms with Crippen LogP contribution in [-0.4, -0.2) is 17.5 Å². The van der Waals surface area contributed by atoms with E-state index >= 15 is 0 Å². The molecule has 5 aliphatic rings. The summed E-state index contributed by atoms with van der Waals surface area (Å²) < 4.78 is 0. The van der Waals surface area contributed by atoms with E-state index in [1.54, 1.807) is 0 Å². The van der Waals surface area contributed by atoms with Crippen molar-refractivity contribution in [3.8, 4) is 0 Å². The zero-order chi connectivity index (χ0) is 23.3. The summed E-state index contributed by atoms with van der Waals surface area (Å²) in [5.41, 5.74) is 1.05. The highest BCUT2D eigenvalue weighted by Gasteiger charge is 2.70. The van der Waals surface area contributed by atoms with Gasteiger partial charge in [-0.15, -0.1) is 0 Å². The van der Waals surface area contributed by atoms with Crippen LogP contribution in [-0.2, 0) is 4.79 Å². The summed E-state index contributed by atoms with van der Waals surface area (Å²) >= 11 is 0. The minimum atomic E-state index is -0.148. The second-order valence-electron chi connectivity index (χ2n) is 14.9. The molecule has 2 heteroatoms. The molecule has 5 rings (SSSR count). The monoisotopic (exact) mass is 442 g/mol. The van der Waals surface area contributed by atoms with Gasteiger partial charge in [-0.05, 0) is 121 Å². The fourth-order valence-corrected chi connectivity index (χ4v) is 11.6. The van der Waals surface area contributed by atoms with Crippen molar-refractivity contribution in [3.63, 3.8) is 0 Å². The van der Waals surface area contributed by atoms with Crippen LogP contribution in [0.1, 0.15) is 113 Å². The van der Waals surface area contributed by atoms with Crippen LogP contribution in [0.3, 0.4) is 0 Å². The maximum atomic E-state index is 12.6. The van der Waals surface area contributed by atoms with Gasteiger partial charge in [-0.1, -0.05) is 48.5 Å². The largest absolute Gasteiger partial charge is 0.393 e. The van der Waals surface area contributed by atoms with Gasteiger partial charge >= 0.3 is 0 Å². The van der Waals surface area contributed by atoms with E-state index in [1.807, 2.05) is 0 Å². The molecule has 5 saturated carbocycles. The van der Waals surface area contributed by atoms with Crippen molar-refractivity contribution in [3.05, 3.63) is 0 Å². The average Bonchev–Trinajstić information content (AvgIpc) is 3.12. The van der Waals surface area contributed by atoms with Gasteiger partial charge in [-0.2, -0.15) is 0 Å².